The lowest BCUT2D eigenvalue weighted by atomic mass is 9.90. The van der Waals surface area contributed by atoms with Gasteiger partial charge in [-0.15, -0.1) is 0 Å². The van der Waals surface area contributed by atoms with Crippen LogP contribution in [0.2, 0.25) is 0 Å². The third kappa shape index (κ3) is 4.77. The van der Waals surface area contributed by atoms with Gasteiger partial charge in [-0.2, -0.15) is 0 Å². The number of fused-ring (bicyclic) bond motifs is 2. The molecule has 1 aliphatic heterocycles. The van der Waals surface area contributed by atoms with E-state index in [1.807, 2.05) is 49.4 Å². The van der Waals surface area contributed by atoms with Crippen LogP contribution in [0.25, 0.3) is 16.8 Å². The van der Waals surface area contributed by atoms with Crippen molar-refractivity contribution in [3.05, 3.63) is 93.0 Å². The minimum absolute atomic E-state index is 0.206. The Labute approximate surface area is 244 Å². The summed E-state index contributed by atoms with van der Waals surface area (Å²) in [6, 6.07) is 12.8. The molecule has 0 spiro atoms. The first-order chi connectivity index (χ1) is 18.4. The van der Waals surface area contributed by atoms with Crippen LogP contribution in [0.5, 0.6) is 5.75 Å². The van der Waals surface area contributed by atoms with Crippen molar-refractivity contribution in [2.24, 2.45) is 4.99 Å². The first-order valence-corrected chi connectivity index (χ1v) is 14.8. The van der Waals surface area contributed by atoms with Gasteiger partial charge in [0.05, 0.1) is 34.0 Å². The third-order valence-electron chi connectivity index (χ3n) is 6.25. The highest BCUT2D eigenvalue weighted by atomic mass is 127. The molecule has 2 aromatic heterocycles. The number of hydrogen-bond acceptors (Lipinski definition) is 7. The summed E-state index contributed by atoms with van der Waals surface area (Å²) < 4.78 is 20.7. The standard InChI is InChI=1S/C28H24BrIN2O5S/c1-4-8-19-23(27(34)36-5-2)24(22-17-10-7-6-9-15(17)11-12-20(22)35-3)32-26(33)21(38-28(32)31-19)14-16-13-18(29)25(30)37-16/h6-7,9-14,24H,4-5,8H2,1-3H3/b21-14+/t24-/m1/s1. The second-order valence-electron chi connectivity index (χ2n) is 8.59. The molecule has 0 fully saturated rings. The van der Waals surface area contributed by atoms with Gasteiger partial charge in [-0.3, -0.25) is 9.36 Å². The summed E-state index contributed by atoms with van der Waals surface area (Å²) in [6.07, 6.45) is 3.04. The first kappa shape index (κ1) is 26.9. The number of carbonyl (C=O) groups is 1. The number of halogens is 2. The fraction of sp³-hybridized carbons (Fsp3) is 0.250. The molecule has 0 amide bonds. The smallest absolute Gasteiger partial charge is 0.338 e. The average Bonchev–Trinajstić information content (AvgIpc) is 3.39. The monoisotopic (exact) mass is 706 g/mol. The van der Waals surface area contributed by atoms with E-state index in [4.69, 9.17) is 18.9 Å². The number of hydrogen-bond donors (Lipinski definition) is 0. The average molecular weight is 707 g/mol. The predicted molar refractivity (Wildman–Crippen MR) is 159 cm³/mol. The molecule has 7 nitrogen and oxygen atoms in total. The van der Waals surface area contributed by atoms with Crippen LogP contribution in [-0.2, 0) is 9.53 Å². The molecule has 3 heterocycles. The zero-order valence-electron chi connectivity index (χ0n) is 20.9. The van der Waals surface area contributed by atoms with Crippen LogP contribution in [0.1, 0.15) is 44.1 Å². The van der Waals surface area contributed by atoms with E-state index in [1.54, 1.807) is 24.7 Å². The minimum Gasteiger partial charge on any atom is -0.496 e. The molecule has 0 aliphatic carbocycles. The molecule has 10 heteroatoms. The Kier molecular flexibility index (Phi) is 7.92. The van der Waals surface area contributed by atoms with Crippen LogP contribution in [0.15, 0.2) is 72.4 Å². The van der Waals surface area contributed by atoms with E-state index in [9.17, 15) is 9.59 Å². The number of esters is 1. The highest BCUT2D eigenvalue weighted by Crippen LogP contribution is 2.41. The van der Waals surface area contributed by atoms with Crippen molar-refractivity contribution in [3.63, 3.8) is 0 Å². The summed E-state index contributed by atoms with van der Waals surface area (Å²) in [7, 11) is 1.59. The van der Waals surface area contributed by atoms with E-state index in [-0.39, 0.29) is 12.2 Å². The maximum absolute atomic E-state index is 14.0. The normalized spacial score (nSPS) is 15.5. The summed E-state index contributed by atoms with van der Waals surface area (Å²) in [5.74, 6) is 0.634. The van der Waals surface area contributed by atoms with Gasteiger partial charge in [-0.05, 0) is 52.2 Å². The van der Waals surface area contributed by atoms with Crippen molar-refractivity contribution in [2.75, 3.05) is 13.7 Å². The maximum Gasteiger partial charge on any atom is 0.338 e. The molecule has 0 radical (unpaired) electrons. The van der Waals surface area contributed by atoms with Gasteiger partial charge in [0.15, 0.2) is 8.57 Å². The SMILES string of the molecule is CCCC1=C(C(=O)OCC)[C@@H](c2c(OC)ccc3ccccc23)n2c(s/c(=C/c3cc(Br)c(I)o3)c2=O)=N1. The summed E-state index contributed by atoms with van der Waals surface area (Å²) in [5, 5.41) is 1.85. The Morgan fingerprint density at radius 2 is 2.05 bits per heavy atom. The number of carbonyl (C=O) groups excluding carboxylic acids is 1. The number of ether oxygens (including phenoxy) is 2. The van der Waals surface area contributed by atoms with Gasteiger partial charge >= 0.3 is 5.97 Å². The van der Waals surface area contributed by atoms with Crippen molar-refractivity contribution in [1.29, 1.82) is 0 Å². The minimum atomic E-state index is -0.779. The van der Waals surface area contributed by atoms with E-state index < -0.39 is 12.0 Å². The molecule has 0 saturated heterocycles. The highest BCUT2D eigenvalue weighted by Gasteiger charge is 2.37. The number of rotatable bonds is 7. The molecule has 1 atom stereocenters. The maximum atomic E-state index is 14.0. The molecule has 196 valence electrons. The summed E-state index contributed by atoms with van der Waals surface area (Å²) in [5.41, 5.74) is 1.43. The van der Waals surface area contributed by atoms with Gasteiger partial charge in [0.25, 0.3) is 5.56 Å². The fourth-order valence-electron chi connectivity index (χ4n) is 4.69. The summed E-state index contributed by atoms with van der Waals surface area (Å²) in [4.78, 5) is 32.9. The number of furan rings is 1. The van der Waals surface area contributed by atoms with Gasteiger partial charge < -0.3 is 13.9 Å². The molecular formula is C28H24BrIN2O5S. The number of benzene rings is 2. The van der Waals surface area contributed by atoms with Crippen LogP contribution in [0.4, 0.5) is 0 Å². The zero-order valence-corrected chi connectivity index (χ0v) is 25.5. The van der Waals surface area contributed by atoms with Gasteiger partial charge in [0.2, 0.25) is 0 Å². The van der Waals surface area contributed by atoms with Crippen LogP contribution >= 0.6 is 49.9 Å². The Morgan fingerprint density at radius 3 is 2.74 bits per heavy atom. The molecule has 0 unspecified atom stereocenters. The lowest BCUT2D eigenvalue weighted by Gasteiger charge is -2.28. The molecule has 0 N–H and O–H groups in total. The fourth-order valence-corrected chi connectivity index (χ4v) is 6.41. The Morgan fingerprint density at radius 1 is 1.26 bits per heavy atom. The number of allylic oxidation sites excluding steroid dienone is 1. The molecular weight excluding hydrogens is 683 g/mol. The lowest BCUT2D eigenvalue weighted by molar-refractivity contribution is -0.139. The predicted octanol–water partition coefficient (Wildman–Crippen LogP) is 5.70. The number of thiazole rings is 1. The van der Waals surface area contributed by atoms with E-state index in [1.165, 1.54) is 11.3 Å². The molecule has 4 aromatic rings. The molecule has 0 bridgehead atoms. The molecule has 5 rings (SSSR count). The largest absolute Gasteiger partial charge is 0.496 e. The van der Waals surface area contributed by atoms with Crippen LogP contribution in [0.3, 0.4) is 0 Å². The van der Waals surface area contributed by atoms with Crippen molar-refractivity contribution in [1.82, 2.24) is 4.57 Å². The van der Waals surface area contributed by atoms with Gasteiger partial charge in [-0.25, -0.2) is 9.79 Å². The number of aromatic nitrogens is 1. The topological polar surface area (TPSA) is 83.0 Å². The number of nitrogens with zero attached hydrogens (tertiary/aromatic N) is 2. The Bertz CT molecular complexity index is 1750. The Balaban J connectivity index is 1.88. The van der Waals surface area contributed by atoms with Crippen LogP contribution < -0.4 is 19.6 Å². The third-order valence-corrected chi connectivity index (χ3v) is 9.37. The highest BCUT2D eigenvalue weighted by molar-refractivity contribution is 14.1. The molecule has 1 aliphatic rings. The molecule has 38 heavy (non-hydrogen) atoms. The summed E-state index contributed by atoms with van der Waals surface area (Å²) >= 11 is 6.81. The van der Waals surface area contributed by atoms with Crippen LogP contribution in [0, 0.1) is 3.77 Å². The second kappa shape index (κ2) is 11.2. The van der Waals surface area contributed by atoms with Gasteiger partial charge in [0, 0.05) is 34.2 Å². The molecule has 0 saturated carbocycles. The second-order valence-corrected chi connectivity index (χ2v) is 11.4. The van der Waals surface area contributed by atoms with Crippen molar-refractivity contribution < 1.29 is 18.7 Å². The summed E-state index contributed by atoms with van der Waals surface area (Å²) in [6.45, 7) is 4.01. The zero-order chi connectivity index (χ0) is 27.0. The van der Waals surface area contributed by atoms with Crippen LogP contribution in [-0.4, -0.2) is 24.3 Å². The van der Waals surface area contributed by atoms with Gasteiger partial charge in [-0.1, -0.05) is 55.0 Å². The number of methoxy groups -OCH3 is 1. The van der Waals surface area contributed by atoms with Crippen molar-refractivity contribution in [3.8, 4) is 5.75 Å². The van der Waals surface area contributed by atoms with Gasteiger partial charge in [0.1, 0.15) is 17.6 Å². The quantitative estimate of drug-likeness (QED) is 0.182. The lowest BCUT2D eigenvalue weighted by Crippen LogP contribution is -2.40. The van der Waals surface area contributed by atoms with E-state index in [2.05, 4.69) is 38.5 Å². The Hall–Kier alpha value is -2.70. The van der Waals surface area contributed by atoms with E-state index >= 15 is 0 Å². The molecule has 2 aromatic carbocycles. The first-order valence-electron chi connectivity index (χ1n) is 12.1. The van der Waals surface area contributed by atoms with E-state index in [0.717, 1.165) is 27.2 Å². The van der Waals surface area contributed by atoms with E-state index in [0.29, 0.717) is 42.3 Å². The van der Waals surface area contributed by atoms with Crippen molar-refractivity contribution >= 4 is 72.7 Å². The van der Waals surface area contributed by atoms with Crippen molar-refractivity contribution in [2.45, 2.75) is 32.7 Å².